The Morgan fingerprint density at radius 1 is 0.536 bits per heavy atom. The number of nitrogens with zero attached hydrogens (tertiary/aromatic N) is 5. The van der Waals surface area contributed by atoms with Gasteiger partial charge in [-0.25, -0.2) is 19.2 Å². The lowest BCUT2D eigenvalue weighted by Gasteiger charge is -2.34. The molecule has 0 radical (unpaired) electrons. The van der Waals surface area contributed by atoms with Crippen LogP contribution in [0.4, 0.5) is 0 Å². The molecule has 1 saturated heterocycles. The summed E-state index contributed by atoms with van der Waals surface area (Å²) in [6.45, 7) is 18.7. The fourth-order valence-electron chi connectivity index (χ4n) is 8.13. The van der Waals surface area contributed by atoms with E-state index in [0.29, 0.717) is 12.0 Å². The Bertz CT molecular complexity index is 2090. The number of likely N-dealkylation sites (N-methyl/N-ethyl adjacent to an activating group) is 4. The molecule has 17 nitrogen and oxygen atoms in total. The first-order chi connectivity index (χ1) is 32.2. The van der Waals surface area contributed by atoms with Crippen LogP contribution in [-0.4, -0.2) is 149 Å². The van der Waals surface area contributed by atoms with Crippen LogP contribution in [0.25, 0.3) is 0 Å². The molecule has 1 fully saturated rings. The molecular weight excluding hydrogens is 887 g/mol. The number of ether oxygens (including phenoxy) is 4. The first-order valence-corrected chi connectivity index (χ1v) is 24.0. The minimum Gasteiger partial charge on any atom is -0.454 e. The maximum Gasteiger partial charge on any atom is 0.329 e. The van der Waals surface area contributed by atoms with E-state index >= 15 is 0 Å². The summed E-state index contributed by atoms with van der Waals surface area (Å²) in [6, 6.07) is 4.57. The van der Waals surface area contributed by atoms with Gasteiger partial charge in [-0.1, -0.05) is 79.7 Å². The first kappa shape index (κ1) is 57.4. The van der Waals surface area contributed by atoms with Gasteiger partial charge in [-0.15, -0.1) is 0 Å². The van der Waals surface area contributed by atoms with Gasteiger partial charge >= 0.3 is 23.9 Å². The van der Waals surface area contributed by atoms with Crippen molar-refractivity contribution in [2.75, 3.05) is 34.8 Å². The number of benzene rings is 1. The number of carbonyl (C=O) groups excluding carboxylic acids is 8. The number of hydrogen-bond donors (Lipinski definition) is 0. The zero-order valence-electron chi connectivity index (χ0n) is 43.5. The highest BCUT2D eigenvalue weighted by Crippen LogP contribution is 2.23. The maximum atomic E-state index is 14.8. The van der Waals surface area contributed by atoms with Crippen LogP contribution in [0.1, 0.15) is 117 Å². The van der Waals surface area contributed by atoms with Crippen molar-refractivity contribution in [3.63, 3.8) is 0 Å². The van der Waals surface area contributed by atoms with Crippen molar-refractivity contribution < 1.29 is 57.3 Å². The van der Waals surface area contributed by atoms with E-state index in [1.807, 2.05) is 92.6 Å². The smallest absolute Gasteiger partial charge is 0.329 e. The largest absolute Gasteiger partial charge is 0.454 e. The number of amides is 4. The molecule has 2 aromatic rings. The Hall–Kier alpha value is -5.87. The molecule has 3 rings (SSSR count). The highest BCUT2D eigenvalue weighted by Gasteiger charge is 2.41. The third-order valence-electron chi connectivity index (χ3n) is 12.3. The van der Waals surface area contributed by atoms with Gasteiger partial charge in [0.25, 0.3) is 23.6 Å². The average Bonchev–Trinajstić information content (AvgIpc) is 3.28. The van der Waals surface area contributed by atoms with Crippen molar-refractivity contribution in [2.24, 2.45) is 23.7 Å². The summed E-state index contributed by atoms with van der Waals surface area (Å²) < 4.78 is 23.1. The summed E-state index contributed by atoms with van der Waals surface area (Å²) >= 11 is 0. The van der Waals surface area contributed by atoms with Crippen molar-refractivity contribution in [3.8, 4) is 0 Å². The highest BCUT2D eigenvalue weighted by atomic mass is 16.6. The van der Waals surface area contributed by atoms with Crippen LogP contribution in [0.5, 0.6) is 0 Å². The number of carbonyl (C=O) groups is 8. The molecule has 382 valence electrons. The van der Waals surface area contributed by atoms with Gasteiger partial charge in [0.15, 0.2) is 24.9 Å². The van der Waals surface area contributed by atoms with Crippen molar-refractivity contribution >= 4 is 47.5 Å². The molecule has 0 aliphatic carbocycles. The lowest BCUT2D eigenvalue weighted by Crippen LogP contribution is -2.54. The average molecular weight is 964 g/mol. The minimum absolute atomic E-state index is 0.105. The minimum atomic E-state index is -1.50. The number of aryl methyl sites for hydroxylation is 1. The summed E-state index contributed by atoms with van der Waals surface area (Å²) in [7, 11) is 5.51. The summed E-state index contributed by atoms with van der Waals surface area (Å²) in [5.74, 6) is -7.10. The number of pyridine rings is 1. The van der Waals surface area contributed by atoms with Gasteiger partial charge in [-0.3, -0.25) is 24.2 Å². The van der Waals surface area contributed by atoms with Crippen LogP contribution in [-0.2, 0) is 70.1 Å². The highest BCUT2D eigenvalue weighted by molar-refractivity contribution is 5.94. The summed E-state index contributed by atoms with van der Waals surface area (Å²) in [5.41, 5.74) is 3.76. The number of hydrogen-bond acceptors (Lipinski definition) is 13. The Balaban J connectivity index is 2.17. The third-order valence-corrected chi connectivity index (χ3v) is 12.3. The lowest BCUT2D eigenvalue weighted by atomic mass is 9.98. The third kappa shape index (κ3) is 16.7. The van der Waals surface area contributed by atoms with Gasteiger partial charge in [0.1, 0.15) is 24.2 Å². The van der Waals surface area contributed by atoms with E-state index in [1.165, 1.54) is 42.0 Å². The molecule has 1 aliphatic heterocycles. The van der Waals surface area contributed by atoms with Crippen molar-refractivity contribution in [3.05, 3.63) is 65.0 Å². The molecule has 1 aromatic heterocycles. The SMILES string of the molecule is Cc1cnccc1Cc1ccc(CC2OC(=O)C(CC(C)C)N(C)C(=O)C(C)OC(=O)C(CC(C)C)N(C)C(=O)COC(=O)C(CC(C)C)N(C)C(=O)C(C)OC(=O)C(CC(C)C)N(C)C2=O)cc1. The Labute approximate surface area is 408 Å². The fourth-order valence-corrected chi connectivity index (χ4v) is 8.13. The molecule has 0 bridgehead atoms. The first-order valence-electron chi connectivity index (χ1n) is 24.0. The van der Waals surface area contributed by atoms with E-state index in [9.17, 15) is 38.4 Å². The molecule has 0 saturated carbocycles. The van der Waals surface area contributed by atoms with E-state index in [0.717, 1.165) is 36.3 Å². The van der Waals surface area contributed by atoms with E-state index in [1.54, 1.807) is 12.4 Å². The molecular formula is C52H77N5O12. The van der Waals surface area contributed by atoms with Gasteiger partial charge in [0.05, 0.1) is 0 Å². The van der Waals surface area contributed by atoms with Gasteiger partial charge in [0.2, 0.25) is 0 Å². The normalized spacial score (nSPS) is 24.0. The summed E-state index contributed by atoms with van der Waals surface area (Å²) in [4.78, 5) is 121. The number of rotatable bonds is 12. The predicted octanol–water partition coefficient (Wildman–Crippen LogP) is 5.35. The van der Waals surface area contributed by atoms with Crippen molar-refractivity contribution in [1.29, 1.82) is 0 Å². The zero-order chi connectivity index (χ0) is 52.0. The standard InChI is InChI=1S/C52H77N5O12/c1-30(2)22-40-49(62)66-29-45(58)54(12)41(23-31(3)4)50(63)67-36(11)47(60)56(14)43(25-33(7)8)52(65)69-44(27-38-18-16-37(17-19-38)26-39-20-21-53-28-34(39)9)48(61)57(15)42(24-32(5)6)51(64)68-35(10)46(59)55(40)13/h16-21,28,30-33,35-36,40-44H,22-27,29H2,1-15H3. The zero-order valence-corrected chi connectivity index (χ0v) is 43.5. The van der Waals surface area contributed by atoms with Crippen molar-refractivity contribution in [2.45, 2.75) is 157 Å². The second kappa shape index (κ2) is 26.2. The predicted molar refractivity (Wildman–Crippen MR) is 258 cm³/mol. The molecule has 0 N–H and O–H groups in total. The number of esters is 4. The Morgan fingerprint density at radius 3 is 1.36 bits per heavy atom. The maximum absolute atomic E-state index is 14.8. The van der Waals surface area contributed by atoms with Gasteiger partial charge < -0.3 is 38.5 Å². The van der Waals surface area contributed by atoms with Crippen LogP contribution < -0.4 is 0 Å². The fraction of sp³-hybridized carbons (Fsp3) is 0.635. The molecule has 2 heterocycles. The Morgan fingerprint density at radius 2 is 0.928 bits per heavy atom. The van der Waals surface area contributed by atoms with Gasteiger partial charge in [0, 0.05) is 47.0 Å². The van der Waals surface area contributed by atoms with Crippen LogP contribution in [0.3, 0.4) is 0 Å². The molecule has 1 aromatic carbocycles. The molecule has 7 unspecified atom stereocenters. The van der Waals surface area contributed by atoms with E-state index in [2.05, 4.69) is 4.98 Å². The molecule has 69 heavy (non-hydrogen) atoms. The van der Waals surface area contributed by atoms with Crippen LogP contribution in [0.15, 0.2) is 42.7 Å². The van der Waals surface area contributed by atoms with Crippen LogP contribution in [0, 0.1) is 30.6 Å². The lowest BCUT2D eigenvalue weighted by molar-refractivity contribution is -0.174. The van der Waals surface area contributed by atoms with Crippen LogP contribution in [0.2, 0.25) is 0 Å². The Kier molecular flexibility index (Phi) is 21.8. The van der Waals surface area contributed by atoms with Crippen LogP contribution >= 0.6 is 0 Å². The summed E-state index contributed by atoms with van der Waals surface area (Å²) in [6.07, 6.45) is 0.157. The summed E-state index contributed by atoms with van der Waals surface area (Å²) in [5, 5.41) is 0. The second-order valence-corrected chi connectivity index (χ2v) is 20.1. The number of aromatic nitrogens is 1. The topological polar surface area (TPSA) is 199 Å². The van der Waals surface area contributed by atoms with E-state index in [4.69, 9.17) is 18.9 Å². The monoisotopic (exact) mass is 964 g/mol. The molecule has 4 amide bonds. The van der Waals surface area contributed by atoms with Gasteiger partial charge in [-0.05, 0) is 105 Å². The van der Waals surface area contributed by atoms with E-state index in [-0.39, 0.29) is 55.8 Å². The van der Waals surface area contributed by atoms with E-state index < -0.39 is 96.6 Å². The molecule has 1 aliphatic rings. The van der Waals surface area contributed by atoms with Crippen molar-refractivity contribution in [1.82, 2.24) is 24.6 Å². The molecule has 7 atom stereocenters. The molecule has 17 heteroatoms. The second-order valence-electron chi connectivity index (χ2n) is 20.1. The molecule has 0 spiro atoms. The quantitative estimate of drug-likeness (QED) is 0.195. The van der Waals surface area contributed by atoms with Gasteiger partial charge in [-0.2, -0.15) is 0 Å². The number of cyclic esters (lactones) is 4.